The van der Waals surface area contributed by atoms with E-state index in [0.717, 1.165) is 4.88 Å². The molecule has 10 heteroatoms. The summed E-state index contributed by atoms with van der Waals surface area (Å²) in [4.78, 5) is 25.3. The van der Waals surface area contributed by atoms with Crippen LogP contribution in [0.25, 0.3) is 16.3 Å². The summed E-state index contributed by atoms with van der Waals surface area (Å²) >= 11 is 1.43. The topological polar surface area (TPSA) is 73.2 Å². The predicted molar refractivity (Wildman–Crippen MR) is 101 cm³/mol. The molecule has 0 spiro atoms. The van der Waals surface area contributed by atoms with Gasteiger partial charge in [0.1, 0.15) is 12.2 Å². The van der Waals surface area contributed by atoms with Gasteiger partial charge in [0.25, 0.3) is 5.91 Å². The van der Waals surface area contributed by atoms with Gasteiger partial charge in [-0.1, -0.05) is 24.3 Å². The number of alkyl halides is 3. The Morgan fingerprint density at radius 1 is 1.21 bits per heavy atom. The molecular weight excluding hydrogens is 407 g/mol. The zero-order chi connectivity index (χ0) is 21.0. The van der Waals surface area contributed by atoms with E-state index >= 15 is 0 Å². The number of ether oxygens (including phenoxy) is 1. The minimum Gasteiger partial charge on any atom is -0.448 e. The van der Waals surface area contributed by atoms with Gasteiger partial charge in [-0.3, -0.25) is 4.79 Å². The molecule has 29 heavy (non-hydrogen) atoms. The van der Waals surface area contributed by atoms with Crippen molar-refractivity contribution in [3.63, 3.8) is 0 Å². The highest BCUT2D eigenvalue weighted by Crippen LogP contribution is 2.26. The minimum absolute atomic E-state index is 0.0510. The number of hydrogen-bond acceptors (Lipinski definition) is 5. The second kappa shape index (κ2) is 8.48. The molecule has 3 aromatic rings. The number of nitrogens with one attached hydrogen (secondary N) is 1. The van der Waals surface area contributed by atoms with Gasteiger partial charge in [-0.15, -0.1) is 11.3 Å². The molecule has 152 valence electrons. The number of benzene rings is 1. The van der Waals surface area contributed by atoms with Crippen molar-refractivity contribution in [3.8, 4) is 16.3 Å². The molecular formula is C19H16F3N3O3S. The van der Waals surface area contributed by atoms with Crippen molar-refractivity contribution in [2.75, 3.05) is 6.54 Å². The van der Waals surface area contributed by atoms with E-state index < -0.39 is 30.7 Å². The first-order valence-electron chi connectivity index (χ1n) is 8.49. The van der Waals surface area contributed by atoms with Crippen LogP contribution in [0.15, 0.2) is 53.9 Å². The molecule has 0 bridgehead atoms. The maximum Gasteiger partial charge on any atom is 0.405 e. The van der Waals surface area contributed by atoms with E-state index in [-0.39, 0.29) is 5.69 Å². The molecule has 0 radical (unpaired) electrons. The molecule has 0 aliphatic carbocycles. The van der Waals surface area contributed by atoms with E-state index in [1.54, 1.807) is 35.6 Å². The fourth-order valence-corrected chi connectivity index (χ4v) is 3.12. The average molecular weight is 423 g/mol. The Bertz CT molecular complexity index is 985. The molecule has 6 nitrogen and oxygen atoms in total. The lowest BCUT2D eigenvalue weighted by Crippen LogP contribution is -2.40. The third-order valence-electron chi connectivity index (χ3n) is 3.81. The van der Waals surface area contributed by atoms with E-state index in [1.807, 2.05) is 17.5 Å². The Balaban J connectivity index is 1.83. The van der Waals surface area contributed by atoms with Crippen molar-refractivity contribution in [2.24, 2.45) is 0 Å². The molecule has 1 N–H and O–H groups in total. The van der Waals surface area contributed by atoms with Crippen molar-refractivity contribution >= 4 is 23.2 Å². The number of nitrogens with zero attached hydrogens (tertiary/aromatic N) is 2. The molecule has 0 aliphatic rings. The Labute approximate surface area is 167 Å². The van der Waals surface area contributed by atoms with Crippen LogP contribution in [0.3, 0.4) is 0 Å². The van der Waals surface area contributed by atoms with Crippen molar-refractivity contribution in [3.05, 3.63) is 59.6 Å². The first-order valence-corrected chi connectivity index (χ1v) is 9.37. The van der Waals surface area contributed by atoms with Crippen LogP contribution in [0.2, 0.25) is 0 Å². The van der Waals surface area contributed by atoms with Crippen LogP contribution in [0.5, 0.6) is 0 Å². The lowest BCUT2D eigenvalue weighted by atomic mass is 10.3. The minimum atomic E-state index is -4.55. The zero-order valence-electron chi connectivity index (χ0n) is 15.1. The van der Waals surface area contributed by atoms with Gasteiger partial charge in [0.2, 0.25) is 0 Å². The Morgan fingerprint density at radius 3 is 2.55 bits per heavy atom. The molecule has 1 unspecified atom stereocenters. The normalized spacial score (nSPS) is 12.4. The first-order chi connectivity index (χ1) is 13.7. The maximum absolute atomic E-state index is 12.7. The molecule has 0 aliphatic heterocycles. The number of aromatic nitrogens is 2. The number of carbonyl (C=O) groups is 2. The molecule has 0 fully saturated rings. The predicted octanol–water partition coefficient (Wildman–Crippen LogP) is 3.82. The van der Waals surface area contributed by atoms with Crippen molar-refractivity contribution in [2.45, 2.75) is 19.2 Å². The number of halogens is 3. The lowest BCUT2D eigenvalue weighted by Gasteiger charge is -2.15. The summed E-state index contributed by atoms with van der Waals surface area (Å²) in [5.74, 6) is -1.92. The molecule has 1 amide bonds. The Morgan fingerprint density at radius 2 is 1.93 bits per heavy atom. The molecule has 1 atom stereocenters. The van der Waals surface area contributed by atoms with Crippen LogP contribution in [-0.2, 0) is 9.53 Å². The van der Waals surface area contributed by atoms with E-state index in [0.29, 0.717) is 11.4 Å². The van der Waals surface area contributed by atoms with Gasteiger partial charge in [0.15, 0.2) is 11.8 Å². The maximum atomic E-state index is 12.7. The van der Waals surface area contributed by atoms with Crippen molar-refractivity contribution in [1.82, 2.24) is 15.1 Å². The number of rotatable bonds is 6. The van der Waals surface area contributed by atoms with Crippen LogP contribution < -0.4 is 5.32 Å². The summed E-state index contributed by atoms with van der Waals surface area (Å²) in [6.45, 7) is -0.300. The Hall–Kier alpha value is -3.14. The van der Waals surface area contributed by atoms with E-state index in [1.165, 1.54) is 29.0 Å². The second-order valence-electron chi connectivity index (χ2n) is 6.02. The van der Waals surface area contributed by atoms with Crippen LogP contribution in [0, 0.1) is 0 Å². The van der Waals surface area contributed by atoms with Gasteiger partial charge in [-0.25, -0.2) is 9.48 Å². The summed E-state index contributed by atoms with van der Waals surface area (Å²) in [6.07, 6.45) is -5.96. The quantitative estimate of drug-likeness (QED) is 0.612. The lowest BCUT2D eigenvalue weighted by molar-refractivity contribution is -0.143. The Kier molecular flexibility index (Phi) is 6.02. The second-order valence-corrected chi connectivity index (χ2v) is 6.97. The van der Waals surface area contributed by atoms with Gasteiger partial charge in [-0.2, -0.15) is 18.3 Å². The summed E-state index contributed by atoms with van der Waals surface area (Å²) in [5.41, 5.74) is 1.18. The summed E-state index contributed by atoms with van der Waals surface area (Å²) in [6, 6.07) is 14.0. The third-order valence-corrected chi connectivity index (χ3v) is 4.70. The first kappa shape index (κ1) is 20.6. The highest BCUT2D eigenvalue weighted by molar-refractivity contribution is 7.13. The SMILES string of the molecule is CC(OC(=O)c1cc(-c2cccs2)nn1-c1ccccc1)C(=O)NCC(F)(F)F. The van der Waals surface area contributed by atoms with E-state index in [4.69, 9.17) is 4.74 Å². The summed E-state index contributed by atoms with van der Waals surface area (Å²) in [5, 5.41) is 8.00. The summed E-state index contributed by atoms with van der Waals surface area (Å²) in [7, 11) is 0. The number of para-hydroxylation sites is 1. The molecule has 3 rings (SSSR count). The fourth-order valence-electron chi connectivity index (χ4n) is 2.44. The number of amides is 1. The molecule has 0 saturated carbocycles. The van der Waals surface area contributed by atoms with Gasteiger partial charge in [0, 0.05) is 6.07 Å². The van der Waals surface area contributed by atoms with Crippen molar-refractivity contribution < 1.29 is 27.5 Å². The van der Waals surface area contributed by atoms with Gasteiger partial charge < -0.3 is 10.1 Å². The monoisotopic (exact) mass is 423 g/mol. The van der Waals surface area contributed by atoms with Gasteiger partial charge >= 0.3 is 12.1 Å². The zero-order valence-corrected chi connectivity index (χ0v) is 16.0. The largest absolute Gasteiger partial charge is 0.448 e. The van der Waals surface area contributed by atoms with Crippen LogP contribution >= 0.6 is 11.3 Å². The molecule has 2 aromatic heterocycles. The van der Waals surface area contributed by atoms with E-state index in [9.17, 15) is 22.8 Å². The summed E-state index contributed by atoms with van der Waals surface area (Å²) < 4.78 is 43.2. The third kappa shape index (κ3) is 5.23. The smallest absolute Gasteiger partial charge is 0.405 e. The van der Waals surface area contributed by atoms with Crippen LogP contribution in [0.4, 0.5) is 13.2 Å². The fraction of sp³-hybridized carbons (Fsp3) is 0.211. The number of esters is 1. The molecule has 0 saturated heterocycles. The van der Waals surface area contributed by atoms with Crippen LogP contribution in [0.1, 0.15) is 17.4 Å². The molecule has 1 aromatic carbocycles. The number of thiophene rings is 1. The highest BCUT2D eigenvalue weighted by Gasteiger charge is 2.30. The number of hydrogen-bond donors (Lipinski definition) is 1. The standard InChI is InChI=1S/C19H16F3N3O3S/c1-12(17(26)23-11-19(20,21)22)28-18(27)15-10-14(16-8-5-9-29-16)24-25(15)13-6-3-2-4-7-13/h2-10,12H,11H2,1H3,(H,23,26). The van der Waals surface area contributed by atoms with E-state index in [2.05, 4.69) is 5.10 Å². The van der Waals surface area contributed by atoms with Crippen LogP contribution in [-0.4, -0.2) is 40.5 Å². The average Bonchev–Trinajstić information content (AvgIpc) is 3.35. The van der Waals surface area contributed by atoms with Crippen molar-refractivity contribution in [1.29, 1.82) is 0 Å². The van der Waals surface area contributed by atoms with Gasteiger partial charge in [-0.05, 0) is 30.5 Å². The molecule has 2 heterocycles. The number of carbonyl (C=O) groups excluding carboxylic acids is 2. The van der Waals surface area contributed by atoms with Gasteiger partial charge in [0.05, 0.1) is 10.6 Å². The highest BCUT2D eigenvalue weighted by atomic mass is 32.1.